The first-order chi connectivity index (χ1) is 8.61. The van der Waals surface area contributed by atoms with E-state index in [1.54, 1.807) is 0 Å². The van der Waals surface area contributed by atoms with E-state index < -0.39 is 0 Å². The predicted molar refractivity (Wildman–Crippen MR) is 79.6 cm³/mol. The van der Waals surface area contributed by atoms with Gasteiger partial charge in [0.1, 0.15) is 5.69 Å². The number of carbonyl (C=O) groups is 1. The topological polar surface area (TPSA) is 42.0 Å². The van der Waals surface area contributed by atoms with E-state index in [1.165, 1.54) is 0 Å². The Kier molecular flexibility index (Phi) is 4.72. The van der Waals surface area contributed by atoms with Crippen molar-refractivity contribution in [2.45, 2.75) is 65.8 Å². The van der Waals surface area contributed by atoms with Gasteiger partial charge < -0.3 is 5.32 Å². The Bertz CT molecular complexity index is 456. The lowest BCUT2D eigenvalue weighted by atomic mass is 9.89. The average Bonchev–Trinajstić information content (AvgIpc) is 2.26. The van der Waals surface area contributed by atoms with Gasteiger partial charge in [0.2, 0.25) is 0 Å². The fourth-order valence-electron chi connectivity index (χ4n) is 1.72. The van der Waals surface area contributed by atoms with Crippen LogP contribution in [0.4, 0.5) is 0 Å². The number of amides is 1. The molecule has 1 amide bonds. The fraction of sp³-hybridized carbons (Fsp3) is 0.625. The van der Waals surface area contributed by atoms with Gasteiger partial charge in [0.15, 0.2) is 0 Å². The van der Waals surface area contributed by atoms with Crippen LogP contribution in [0.3, 0.4) is 0 Å². The van der Waals surface area contributed by atoms with Crippen molar-refractivity contribution >= 4 is 5.91 Å². The number of nitrogens with zero attached hydrogens (tertiary/aromatic N) is 1. The summed E-state index contributed by atoms with van der Waals surface area (Å²) in [5.74, 6) is 0.290. The minimum Gasteiger partial charge on any atom is -0.349 e. The lowest BCUT2D eigenvalue weighted by molar-refractivity contribution is 0.0937. The van der Waals surface area contributed by atoms with Crippen LogP contribution in [0.5, 0.6) is 0 Å². The molecule has 0 unspecified atom stereocenters. The van der Waals surface area contributed by atoms with Crippen molar-refractivity contribution in [2.75, 3.05) is 0 Å². The molecule has 0 radical (unpaired) electrons. The molecule has 1 N–H and O–H groups in total. The highest BCUT2D eigenvalue weighted by Crippen LogP contribution is 2.25. The molecule has 0 saturated carbocycles. The summed E-state index contributed by atoms with van der Waals surface area (Å²) in [5, 5.41) is 2.90. The zero-order valence-electron chi connectivity index (χ0n) is 13.2. The van der Waals surface area contributed by atoms with Gasteiger partial charge in [-0.25, -0.2) is 4.98 Å². The van der Waals surface area contributed by atoms with Crippen molar-refractivity contribution in [3.05, 3.63) is 29.1 Å². The fourth-order valence-corrected chi connectivity index (χ4v) is 1.72. The molecule has 19 heavy (non-hydrogen) atoms. The van der Waals surface area contributed by atoms with Crippen molar-refractivity contribution in [2.24, 2.45) is 0 Å². The first-order valence-corrected chi connectivity index (χ1v) is 6.94. The summed E-state index contributed by atoms with van der Waals surface area (Å²) in [4.78, 5) is 16.7. The van der Waals surface area contributed by atoms with E-state index in [0.29, 0.717) is 11.6 Å². The van der Waals surface area contributed by atoms with E-state index in [4.69, 9.17) is 0 Å². The van der Waals surface area contributed by atoms with Gasteiger partial charge in [-0.2, -0.15) is 0 Å². The Morgan fingerprint density at radius 1 is 1.16 bits per heavy atom. The zero-order chi connectivity index (χ0) is 14.8. The van der Waals surface area contributed by atoms with Crippen LogP contribution in [0.25, 0.3) is 0 Å². The van der Waals surface area contributed by atoms with Crippen molar-refractivity contribution < 1.29 is 4.79 Å². The van der Waals surface area contributed by atoms with Crippen molar-refractivity contribution in [3.63, 3.8) is 0 Å². The van der Waals surface area contributed by atoms with Gasteiger partial charge in [0, 0.05) is 17.2 Å². The molecule has 1 rings (SSSR count). The molecule has 0 spiro atoms. The summed E-state index contributed by atoms with van der Waals surface area (Å²) in [6, 6.07) is 4.13. The smallest absolute Gasteiger partial charge is 0.270 e. The van der Waals surface area contributed by atoms with Gasteiger partial charge in [-0.1, -0.05) is 34.6 Å². The second kappa shape index (κ2) is 5.72. The van der Waals surface area contributed by atoms with Crippen LogP contribution < -0.4 is 5.32 Å². The van der Waals surface area contributed by atoms with Crippen LogP contribution >= 0.6 is 0 Å². The molecule has 106 valence electrons. The zero-order valence-corrected chi connectivity index (χ0v) is 13.2. The van der Waals surface area contributed by atoms with Crippen LogP contribution in [0.15, 0.2) is 12.1 Å². The Hall–Kier alpha value is -1.38. The third kappa shape index (κ3) is 4.34. The molecule has 0 bridgehead atoms. The molecule has 0 fully saturated rings. The highest BCUT2D eigenvalue weighted by Gasteiger charge is 2.20. The number of aromatic nitrogens is 1. The minimum absolute atomic E-state index is 0.0578. The maximum Gasteiger partial charge on any atom is 0.270 e. The number of hydrogen-bond acceptors (Lipinski definition) is 2. The van der Waals surface area contributed by atoms with Gasteiger partial charge in [-0.15, -0.1) is 0 Å². The molecule has 1 aromatic rings. The van der Waals surface area contributed by atoms with Gasteiger partial charge in [-0.3, -0.25) is 4.79 Å². The van der Waals surface area contributed by atoms with Crippen LogP contribution in [0, 0.1) is 0 Å². The van der Waals surface area contributed by atoms with Crippen LogP contribution in [0.2, 0.25) is 0 Å². The number of hydrogen-bond donors (Lipinski definition) is 1. The summed E-state index contributed by atoms with van der Waals surface area (Å²) in [6.07, 6.45) is 0. The van der Waals surface area contributed by atoms with Gasteiger partial charge in [-0.05, 0) is 37.5 Å². The summed E-state index contributed by atoms with van der Waals surface area (Å²) in [6.45, 7) is 14.5. The largest absolute Gasteiger partial charge is 0.349 e. The number of pyridine rings is 1. The third-order valence-corrected chi connectivity index (χ3v) is 2.94. The molecule has 1 aromatic heterocycles. The predicted octanol–water partition coefficient (Wildman–Crippen LogP) is 3.64. The maximum absolute atomic E-state index is 12.1. The molecule has 0 atom stereocenters. The van der Waals surface area contributed by atoms with Gasteiger partial charge in [0.25, 0.3) is 5.91 Å². The van der Waals surface area contributed by atoms with Crippen LogP contribution in [-0.2, 0) is 5.41 Å². The summed E-state index contributed by atoms with van der Waals surface area (Å²) < 4.78 is 0. The molecule has 1 heterocycles. The lowest BCUT2D eigenvalue weighted by Crippen LogP contribution is -2.31. The summed E-state index contributed by atoms with van der Waals surface area (Å²) in [5.41, 5.74) is 2.59. The van der Waals surface area contributed by atoms with E-state index in [1.807, 2.05) is 19.9 Å². The summed E-state index contributed by atoms with van der Waals surface area (Å²) in [7, 11) is 0. The van der Waals surface area contributed by atoms with Crippen LogP contribution in [-0.4, -0.2) is 16.9 Å². The molecule has 0 aliphatic rings. The van der Waals surface area contributed by atoms with E-state index in [9.17, 15) is 4.79 Å². The number of nitrogens with one attached hydrogen (secondary N) is 1. The third-order valence-electron chi connectivity index (χ3n) is 2.94. The molecule has 3 nitrogen and oxygen atoms in total. The Morgan fingerprint density at radius 2 is 1.74 bits per heavy atom. The normalized spacial score (nSPS) is 12.1. The highest BCUT2D eigenvalue weighted by atomic mass is 16.1. The van der Waals surface area contributed by atoms with Crippen molar-refractivity contribution in [3.8, 4) is 0 Å². The van der Waals surface area contributed by atoms with Gasteiger partial charge >= 0.3 is 0 Å². The van der Waals surface area contributed by atoms with Crippen molar-refractivity contribution in [1.82, 2.24) is 10.3 Å². The second-order valence-corrected chi connectivity index (χ2v) is 6.70. The lowest BCUT2D eigenvalue weighted by Gasteiger charge is -2.21. The summed E-state index contributed by atoms with van der Waals surface area (Å²) >= 11 is 0. The Labute approximate surface area is 116 Å². The SMILES string of the molecule is CC(C)NC(=O)c1cc(C(C)C)cc(C(C)(C)C)n1. The second-order valence-electron chi connectivity index (χ2n) is 6.70. The standard InChI is InChI=1S/C16H26N2O/c1-10(2)12-8-13(15(19)17-11(3)4)18-14(9-12)16(5,6)7/h8-11H,1-7H3,(H,17,19). The molecule has 0 saturated heterocycles. The molecular formula is C16H26N2O. The highest BCUT2D eigenvalue weighted by molar-refractivity contribution is 5.92. The van der Waals surface area contributed by atoms with E-state index >= 15 is 0 Å². The number of rotatable bonds is 3. The monoisotopic (exact) mass is 262 g/mol. The van der Waals surface area contributed by atoms with Gasteiger partial charge in [0.05, 0.1) is 0 Å². The Morgan fingerprint density at radius 3 is 2.16 bits per heavy atom. The van der Waals surface area contributed by atoms with Crippen LogP contribution in [0.1, 0.15) is 76.1 Å². The first kappa shape index (κ1) is 15.7. The Balaban J connectivity index is 3.25. The van der Waals surface area contributed by atoms with E-state index in [-0.39, 0.29) is 17.4 Å². The maximum atomic E-state index is 12.1. The molecular weight excluding hydrogens is 236 g/mol. The molecule has 0 aliphatic carbocycles. The van der Waals surface area contributed by atoms with E-state index in [2.05, 4.69) is 51.0 Å². The molecule has 0 aliphatic heterocycles. The molecule has 3 heteroatoms. The molecule has 0 aromatic carbocycles. The minimum atomic E-state index is -0.0944. The van der Waals surface area contributed by atoms with E-state index in [0.717, 1.165) is 11.3 Å². The number of carbonyl (C=O) groups excluding carboxylic acids is 1. The average molecular weight is 262 g/mol. The quantitative estimate of drug-likeness (QED) is 0.903. The first-order valence-electron chi connectivity index (χ1n) is 6.94. The van der Waals surface area contributed by atoms with Crippen molar-refractivity contribution in [1.29, 1.82) is 0 Å².